The van der Waals surface area contributed by atoms with Crippen molar-refractivity contribution >= 4 is 17.8 Å². The second-order valence-corrected chi connectivity index (χ2v) is 6.76. The quantitative estimate of drug-likeness (QED) is 0.668. The Morgan fingerprint density at radius 2 is 1.52 bits per heavy atom. The Hall–Kier alpha value is -3.15. The average molecular weight is 366 g/mol. The molecule has 3 N–H and O–H groups in total. The summed E-state index contributed by atoms with van der Waals surface area (Å²) in [5.41, 5.74) is 1.80. The fraction of sp³-hybridized carbons (Fsp3) is 0.286. The van der Waals surface area contributed by atoms with Crippen LogP contribution in [0.25, 0.3) is 0 Å². The van der Waals surface area contributed by atoms with Crippen molar-refractivity contribution < 1.29 is 19.5 Å². The van der Waals surface area contributed by atoms with E-state index in [-0.39, 0.29) is 24.4 Å². The Morgan fingerprint density at radius 1 is 0.926 bits per heavy atom. The lowest BCUT2D eigenvalue weighted by Gasteiger charge is -2.14. The number of benzene rings is 2. The molecular formula is C21H22N2O4. The van der Waals surface area contributed by atoms with E-state index in [2.05, 4.69) is 10.6 Å². The van der Waals surface area contributed by atoms with E-state index in [1.165, 1.54) is 0 Å². The van der Waals surface area contributed by atoms with Crippen LogP contribution in [-0.4, -0.2) is 35.5 Å². The highest BCUT2D eigenvalue weighted by atomic mass is 16.4. The van der Waals surface area contributed by atoms with Crippen molar-refractivity contribution in [2.45, 2.75) is 25.3 Å². The van der Waals surface area contributed by atoms with Gasteiger partial charge in [0.05, 0.1) is 5.92 Å². The molecule has 6 nitrogen and oxygen atoms in total. The van der Waals surface area contributed by atoms with E-state index in [0.29, 0.717) is 17.5 Å². The molecule has 2 aromatic carbocycles. The van der Waals surface area contributed by atoms with E-state index in [0.717, 1.165) is 18.4 Å². The molecule has 0 radical (unpaired) electrons. The molecule has 0 aliphatic heterocycles. The normalized spacial score (nSPS) is 14.2. The third-order valence-corrected chi connectivity index (χ3v) is 4.51. The molecule has 3 rings (SSSR count). The number of carboxylic acid groups (broad SMARTS) is 1. The molecular weight excluding hydrogens is 344 g/mol. The number of carbonyl (C=O) groups excluding carboxylic acids is 2. The number of rotatable bonds is 8. The summed E-state index contributed by atoms with van der Waals surface area (Å²) >= 11 is 0. The van der Waals surface area contributed by atoms with Gasteiger partial charge in [0.2, 0.25) is 0 Å². The molecule has 0 bridgehead atoms. The maximum Gasteiger partial charge on any atom is 0.308 e. The average Bonchev–Trinajstić information content (AvgIpc) is 3.49. The highest BCUT2D eigenvalue weighted by molar-refractivity contribution is 5.98. The molecule has 0 heterocycles. The van der Waals surface area contributed by atoms with Gasteiger partial charge in [-0.05, 0) is 49.1 Å². The highest BCUT2D eigenvalue weighted by Gasteiger charge is 2.24. The van der Waals surface area contributed by atoms with E-state index < -0.39 is 11.9 Å². The van der Waals surface area contributed by atoms with Gasteiger partial charge in [-0.2, -0.15) is 0 Å². The van der Waals surface area contributed by atoms with E-state index in [1.807, 2.05) is 30.3 Å². The monoisotopic (exact) mass is 366 g/mol. The van der Waals surface area contributed by atoms with Gasteiger partial charge in [-0.3, -0.25) is 14.4 Å². The predicted molar refractivity (Wildman–Crippen MR) is 101 cm³/mol. The van der Waals surface area contributed by atoms with Gasteiger partial charge in [0.15, 0.2) is 0 Å². The summed E-state index contributed by atoms with van der Waals surface area (Å²) in [5, 5.41) is 15.0. The fourth-order valence-corrected chi connectivity index (χ4v) is 2.73. The number of hydrogen-bond donors (Lipinski definition) is 3. The first-order valence-electron chi connectivity index (χ1n) is 8.99. The minimum Gasteiger partial charge on any atom is -0.481 e. The van der Waals surface area contributed by atoms with Gasteiger partial charge < -0.3 is 15.7 Å². The molecule has 1 fully saturated rings. The van der Waals surface area contributed by atoms with Crippen LogP contribution in [0.2, 0.25) is 0 Å². The maximum atomic E-state index is 12.3. The number of aliphatic carboxylic acids is 1. The van der Waals surface area contributed by atoms with Crippen LogP contribution in [0, 0.1) is 5.92 Å². The summed E-state index contributed by atoms with van der Waals surface area (Å²) in [6.07, 6.45) is 2.37. The minimum atomic E-state index is -0.953. The van der Waals surface area contributed by atoms with E-state index >= 15 is 0 Å². The summed E-state index contributed by atoms with van der Waals surface area (Å²) in [6, 6.07) is 15.9. The van der Waals surface area contributed by atoms with Crippen LogP contribution in [0.3, 0.4) is 0 Å². The molecule has 0 spiro atoms. The zero-order chi connectivity index (χ0) is 19.2. The summed E-state index contributed by atoms with van der Waals surface area (Å²) in [5.74, 6) is -2.16. The van der Waals surface area contributed by atoms with Crippen molar-refractivity contribution in [3.05, 3.63) is 71.3 Å². The Kier molecular flexibility index (Phi) is 5.86. The van der Waals surface area contributed by atoms with Crippen molar-refractivity contribution in [3.8, 4) is 0 Å². The van der Waals surface area contributed by atoms with Crippen LogP contribution in [0.5, 0.6) is 0 Å². The van der Waals surface area contributed by atoms with Crippen LogP contribution in [0.1, 0.15) is 39.1 Å². The van der Waals surface area contributed by atoms with Gasteiger partial charge in [0, 0.05) is 23.7 Å². The summed E-state index contributed by atoms with van der Waals surface area (Å²) in [6.45, 7) is 0.0347. The van der Waals surface area contributed by atoms with Crippen molar-refractivity contribution in [3.63, 3.8) is 0 Å². The smallest absolute Gasteiger partial charge is 0.308 e. The maximum absolute atomic E-state index is 12.3. The summed E-state index contributed by atoms with van der Waals surface area (Å²) < 4.78 is 0. The molecule has 140 valence electrons. The van der Waals surface area contributed by atoms with Gasteiger partial charge in [-0.1, -0.05) is 30.3 Å². The van der Waals surface area contributed by atoms with Gasteiger partial charge in [-0.15, -0.1) is 0 Å². The number of nitrogens with one attached hydrogen (secondary N) is 2. The molecule has 27 heavy (non-hydrogen) atoms. The van der Waals surface area contributed by atoms with Crippen molar-refractivity contribution in [2.24, 2.45) is 5.92 Å². The third-order valence-electron chi connectivity index (χ3n) is 4.51. The molecule has 1 unspecified atom stereocenters. The summed E-state index contributed by atoms with van der Waals surface area (Å²) in [7, 11) is 0. The molecule has 1 aliphatic carbocycles. The molecule has 2 amide bonds. The number of hydrogen-bond acceptors (Lipinski definition) is 3. The lowest BCUT2D eigenvalue weighted by Crippen LogP contribution is -2.34. The molecule has 1 atom stereocenters. The molecule has 1 saturated carbocycles. The van der Waals surface area contributed by atoms with Crippen molar-refractivity contribution in [1.82, 2.24) is 10.6 Å². The Labute approximate surface area is 157 Å². The molecule has 0 aromatic heterocycles. The van der Waals surface area contributed by atoms with Crippen LogP contribution >= 0.6 is 0 Å². The zero-order valence-electron chi connectivity index (χ0n) is 14.9. The van der Waals surface area contributed by atoms with Gasteiger partial charge in [-0.25, -0.2) is 0 Å². The predicted octanol–water partition coefficient (Wildman–Crippen LogP) is 2.25. The fourth-order valence-electron chi connectivity index (χ4n) is 2.73. The first-order chi connectivity index (χ1) is 13.0. The SMILES string of the molecule is O=C(NCC(Cc1ccccc1)C(=O)O)c1ccc(C(=O)NC2CC2)cc1. The Balaban J connectivity index is 1.55. The van der Waals surface area contributed by atoms with Crippen molar-refractivity contribution in [2.75, 3.05) is 6.54 Å². The van der Waals surface area contributed by atoms with Crippen LogP contribution < -0.4 is 10.6 Å². The Morgan fingerprint density at radius 3 is 2.07 bits per heavy atom. The second kappa shape index (κ2) is 8.49. The summed E-state index contributed by atoms with van der Waals surface area (Å²) in [4.78, 5) is 35.7. The topological polar surface area (TPSA) is 95.5 Å². The second-order valence-electron chi connectivity index (χ2n) is 6.76. The van der Waals surface area contributed by atoms with Crippen molar-refractivity contribution in [1.29, 1.82) is 0 Å². The van der Waals surface area contributed by atoms with E-state index in [1.54, 1.807) is 24.3 Å². The van der Waals surface area contributed by atoms with E-state index in [9.17, 15) is 19.5 Å². The van der Waals surface area contributed by atoms with Gasteiger partial charge in [0.25, 0.3) is 11.8 Å². The standard InChI is InChI=1S/C21H22N2O4/c24-19(15-6-8-16(9-7-15)20(25)23-18-10-11-18)22-13-17(21(26)27)12-14-4-2-1-3-5-14/h1-9,17-18H,10-13H2,(H,22,24)(H,23,25)(H,26,27). The van der Waals surface area contributed by atoms with Crippen LogP contribution in [0.15, 0.2) is 54.6 Å². The first-order valence-corrected chi connectivity index (χ1v) is 8.99. The van der Waals surface area contributed by atoms with Gasteiger partial charge >= 0.3 is 5.97 Å². The zero-order valence-corrected chi connectivity index (χ0v) is 14.9. The van der Waals surface area contributed by atoms with Crippen LogP contribution in [-0.2, 0) is 11.2 Å². The number of amides is 2. The van der Waals surface area contributed by atoms with E-state index in [4.69, 9.17) is 0 Å². The third kappa shape index (κ3) is 5.41. The molecule has 0 saturated heterocycles. The van der Waals surface area contributed by atoms with Crippen LogP contribution in [0.4, 0.5) is 0 Å². The highest BCUT2D eigenvalue weighted by Crippen LogP contribution is 2.19. The largest absolute Gasteiger partial charge is 0.481 e. The van der Waals surface area contributed by atoms with Gasteiger partial charge in [0.1, 0.15) is 0 Å². The molecule has 2 aromatic rings. The molecule has 6 heteroatoms. The lowest BCUT2D eigenvalue weighted by molar-refractivity contribution is -0.141. The number of carboxylic acids is 1. The Bertz CT molecular complexity index is 814. The first kappa shape index (κ1) is 18.6. The molecule has 1 aliphatic rings. The lowest BCUT2D eigenvalue weighted by atomic mass is 9.99. The minimum absolute atomic E-state index is 0.0347. The number of carbonyl (C=O) groups is 3.